The van der Waals surface area contributed by atoms with Gasteiger partial charge in [0.25, 0.3) is 0 Å². The zero-order chi connectivity index (χ0) is 13.7. The van der Waals surface area contributed by atoms with Gasteiger partial charge in [-0.1, -0.05) is 46.5 Å². The topological polar surface area (TPSA) is 15.3 Å². The van der Waals surface area contributed by atoms with Crippen LogP contribution in [0.3, 0.4) is 0 Å². The Bertz CT molecular complexity index is 254. The van der Waals surface area contributed by atoms with Gasteiger partial charge < -0.3 is 5.32 Å². The Labute approximate surface area is 120 Å². The summed E-state index contributed by atoms with van der Waals surface area (Å²) < 4.78 is 0. The second kappa shape index (κ2) is 7.64. The third-order valence-electron chi connectivity index (χ3n) is 5.58. The maximum atomic E-state index is 3.79. The van der Waals surface area contributed by atoms with Crippen molar-refractivity contribution in [1.82, 2.24) is 10.2 Å². The van der Waals surface area contributed by atoms with Crippen LogP contribution in [0.4, 0.5) is 0 Å². The summed E-state index contributed by atoms with van der Waals surface area (Å²) in [6.07, 6.45) is 9.88. The van der Waals surface area contributed by atoms with Gasteiger partial charge in [0, 0.05) is 18.6 Å². The molecule has 4 atom stereocenters. The van der Waals surface area contributed by atoms with Gasteiger partial charge in [0.2, 0.25) is 0 Å². The van der Waals surface area contributed by atoms with Crippen molar-refractivity contribution in [3.05, 3.63) is 0 Å². The number of hydrogen-bond donors (Lipinski definition) is 1. The van der Waals surface area contributed by atoms with Crippen LogP contribution in [0.5, 0.6) is 0 Å². The van der Waals surface area contributed by atoms with Crippen molar-refractivity contribution in [3.8, 4) is 0 Å². The van der Waals surface area contributed by atoms with Crippen LogP contribution in [-0.2, 0) is 0 Å². The third kappa shape index (κ3) is 4.19. The van der Waals surface area contributed by atoms with Gasteiger partial charge in [-0.05, 0) is 44.2 Å². The van der Waals surface area contributed by atoms with Crippen LogP contribution in [-0.4, -0.2) is 36.6 Å². The van der Waals surface area contributed by atoms with Crippen LogP contribution >= 0.6 is 0 Å². The molecule has 2 heteroatoms. The summed E-state index contributed by atoms with van der Waals surface area (Å²) in [6, 6.07) is 1.57. The first-order chi connectivity index (χ1) is 9.22. The van der Waals surface area contributed by atoms with Gasteiger partial charge in [-0.15, -0.1) is 0 Å². The van der Waals surface area contributed by atoms with Gasteiger partial charge in [-0.25, -0.2) is 0 Å². The van der Waals surface area contributed by atoms with Gasteiger partial charge in [0.05, 0.1) is 0 Å². The highest BCUT2D eigenvalue weighted by atomic mass is 15.2. The van der Waals surface area contributed by atoms with Crippen molar-refractivity contribution in [3.63, 3.8) is 0 Å². The number of nitrogens with zero attached hydrogens (tertiary/aromatic N) is 1. The summed E-state index contributed by atoms with van der Waals surface area (Å²) in [4.78, 5) is 2.84. The Morgan fingerprint density at radius 2 is 1.95 bits per heavy atom. The van der Waals surface area contributed by atoms with Gasteiger partial charge in [0.1, 0.15) is 0 Å². The zero-order valence-corrected chi connectivity index (χ0v) is 13.3. The molecule has 2 aliphatic rings. The Morgan fingerprint density at radius 3 is 2.74 bits per heavy atom. The molecule has 0 aromatic carbocycles. The van der Waals surface area contributed by atoms with Crippen LogP contribution in [0.25, 0.3) is 0 Å². The molecule has 19 heavy (non-hydrogen) atoms. The minimum atomic E-state index is 0.711. The van der Waals surface area contributed by atoms with Crippen molar-refractivity contribution in [1.29, 1.82) is 0 Å². The van der Waals surface area contributed by atoms with Crippen LogP contribution in [0.2, 0.25) is 0 Å². The summed E-state index contributed by atoms with van der Waals surface area (Å²) in [5.41, 5.74) is 0. The lowest BCUT2D eigenvalue weighted by atomic mass is 9.93. The zero-order valence-electron chi connectivity index (χ0n) is 13.3. The fourth-order valence-corrected chi connectivity index (χ4v) is 3.96. The molecular weight excluding hydrogens is 232 g/mol. The SMILES string of the molecule is CCC(C)C1CN(C2CCCCCC2C)CCCN1. The number of hydrogen-bond acceptors (Lipinski definition) is 2. The van der Waals surface area contributed by atoms with Crippen molar-refractivity contribution in [2.75, 3.05) is 19.6 Å². The minimum Gasteiger partial charge on any atom is -0.312 e. The van der Waals surface area contributed by atoms with E-state index in [4.69, 9.17) is 0 Å². The highest BCUT2D eigenvalue weighted by Gasteiger charge is 2.30. The molecule has 2 rings (SSSR count). The molecule has 0 spiro atoms. The van der Waals surface area contributed by atoms with E-state index in [1.807, 2.05) is 0 Å². The van der Waals surface area contributed by atoms with Gasteiger partial charge >= 0.3 is 0 Å². The predicted octanol–water partition coefficient (Wildman–Crippen LogP) is 3.67. The summed E-state index contributed by atoms with van der Waals surface area (Å²) in [7, 11) is 0. The lowest BCUT2D eigenvalue weighted by Crippen LogP contribution is -2.47. The van der Waals surface area contributed by atoms with Gasteiger partial charge in [0.15, 0.2) is 0 Å². The second-order valence-electron chi connectivity index (χ2n) is 6.98. The highest BCUT2D eigenvalue weighted by Crippen LogP contribution is 2.28. The highest BCUT2D eigenvalue weighted by molar-refractivity contribution is 4.86. The fraction of sp³-hybridized carbons (Fsp3) is 1.00. The fourth-order valence-electron chi connectivity index (χ4n) is 3.96. The maximum absolute atomic E-state index is 3.79. The summed E-state index contributed by atoms with van der Waals surface area (Å²) >= 11 is 0. The molecule has 4 unspecified atom stereocenters. The van der Waals surface area contributed by atoms with E-state index in [2.05, 4.69) is 31.0 Å². The van der Waals surface area contributed by atoms with E-state index in [1.165, 1.54) is 64.6 Å². The standard InChI is InChI=1S/C17H34N2/c1-4-14(2)16-13-19(12-8-11-18-16)17-10-7-5-6-9-15(17)3/h14-18H,4-13H2,1-3H3. The summed E-state index contributed by atoms with van der Waals surface area (Å²) in [5, 5.41) is 3.79. The van der Waals surface area contributed by atoms with Gasteiger partial charge in [-0.3, -0.25) is 4.90 Å². The molecule has 0 aromatic heterocycles. The van der Waals surface area contributed by atoms with Crippen molar-refractivity contribution in [2.24, 2.45) is 11.8 Å². The van der Waals surface area contributed by atoms with Crippen LogP contribution < -0.4 is 5.32 Å². The molecule has 1 saturated carbocycles. The Morgan fingerprint density at radius 1 is 1.16 bits per heavy atom. The summed E-state index contributed by atoms with van der Waals surface area (Å²) in [6.45, 7) is 11.0. The Balaban J connectivity index is 1.99. The monoisotopic (exact) mass is 266 g/mol. The van der Waals surface area contributed by atoms with Crippen molar-refractivity contribution in [2.45, 2.75) is 77.8 Å². The quantitative estimate of drug-likeness (QED) is 0.784. The Kier molecular flexibility index (Phi) is 6.15. The molecule has 2 nitrogen and oxygen atoms in total. The lowest BCUT2D eigenvalue weighted by Gasteiger charge is -2.36. The molecule has 112 valence electrons. The van der Waals surface area contributed by atoms with E-state index in [0.29, 0.717) is 6.04 Å². The van der Waals surface area contributed by atoms with Crippen LogP contribution in [0, 0.1) is 11.8 Å². The summed E-state index contributed by atoms with van der Waals surface area (Å²) in [5.74, 6) is 1.71. The first kappa shape index (κ1) is 15.3. The second-order valence-corrected chi connectivity index (χ2v) is 6.98. The molecule has 1 saturated heterocycles. The molecule has 1 N–H and O–H groups in total. The molecule has 1 aliphatic carbocycles. The predicted molar refractivity (Wildman–Crippen MR) is 83.5 cm³/mol. The Hall–Kier alpha value is -0.0800. The van der Waals surface area contributed by atoms with E-state index in [1.54, 1.807) is 0 Å². The van der Waals surface area contributed by atoms with E-state index in [9.17, 15) is 0 Å². The molecule has 1 aliphatic heterocycles. The van der Waals surface area contributed by atoms with Crippen LogP contribution in [0.15, 0.2) is 0 Å². The third-order valence-corrected chi connectivity index (χ3v) is 5.58. The molecule has 0 aromatic rings. The molecule has 2 fully saturated rings. The van der Waals surface area contributed by atoms with Crippen molar-refractivity contribution < 1.29 is 0 Å². The average Bonchev–Trinajstić information content (AvgIpc) is 2.78. The maximum Gasteiger partial charge on any atom is 0.0220 e. The van der Waals surface area contributed by atoms with E-state index in [-0.39, 0.29) is 0 Å². The molecular formula is C17H34N2. The number of nitrogens with one attached hydrogen (secondary N) is 1. The largest absolute Gasteiger partial charge is 0.312 e. The molecule has 0 radical (unpaired) electrons. The normalized spacial score (nSPS) is 36.5. The number of rotatable bonds is 3. The first-order valence-electron chi connectivity index (χ1n) is 8.69. The lowest BCUT2D eigenvalue weighted by molar-refractivity contribution is 0.128. The van der Waals surface area contributed by atoms with E-state index in [0.717, 1.165) is 17.9 Å². The molecule has 1 heterocycles. The average molecular weight is 266 g/mol. The van der Waals surface area contributed by atoms with E-state index >= 15 is 0 Å². The van der Waals surface area contributed by atoms with E-state index < -0.39 is 0 Å². The molecule has 0 bridgehead atoms. The smallest absolute Gasteiger partial charge is 0.0220 e. The van der Waals surface area contributed by atoms with Crippen molar-refractivity contribution >= 4 is 0 Å². The first-order valence-corrected chi connectivity index (χ1v) is 8.69. The van der Waals surface area contributed by atoms with Gasteiger partial charge in [-0.2, -0.15) is 0 Å². The molecule has 0 amide bonds. The van der Waals surface area contributed by atoms with Crippen LogP contribution in [0.1, 0.15) is 65.7 Å². The minimum absolute atomic E-state index is 0.711.